The number of halogens is 3. The van der Waals surface area contributed by atoms with Gasteiger partial charge < -0.3 is 5.32 Å². The van der Waals surface area contributed by atoms with Gasteiger partial charge in [-0.15, -0.1) is 5.10 Å². The molecular formula is C23H25Br2FN4O2S. The number of hydrogen-bond donors (Lipinski definition) is 1. The first-order chi connectivity index (χ1) is 15.6. The molecule has 0 bridgehead atoms. The van der Waals surface area contributed by atoms with E-state index in [9.17, 15) is 13.4 Å². The normalized spacial score (nSPS) is 13.5. The van der Waals surface area contributed by atoms with Gasteiger partial charge in [-0.05, 0) is 85.1 Å². The molecule has 3 aromatic rings. The quantitative estimate of drug-likeness (QED) is 0.353. The van der Waals surface area contributed by atoms with E-state index in [1.165, 1.54) is 6.07 Å². The lowest BCUT2D eigenvalue weighted by Gasteiger charge is -2.23. The van der Waals surface area contributed by atoms with Crippen LogP contribution in [0.4, 0.5) is 4.39 Å². The highest BCUT2D eigenvalue weighted by Crippen LogP contribution is 2.25. The van der Waals surface area contributed by atoms with Crippen LogP contribution in [0.25, 0.3) is 0 Å². The van der Waals surface area contributed by atoms with Crippen molar-refractivity contribution in [2.45, 2.75) is 50.1 Å². The number of amides is 1. The Bertz CT molecular complexity index is 1150. The zero-order chi connectivity index (χ0) is 24.2. The van der Waals surface area contributed by atoms with Gasteiger partial charge in [0.05, 0.1) is 33.0 Å². The van der Waals surface area contributed by atoms with Crippen molar-refractivity contribution in [2.75, 3.05) is 5.75 Å². The van der Waals surface area contributed by atoms with Crippen LogP contribution in [0.2, 0.25) is 0 Å². The van der Waals surface area contributed by atoms with E-state index in [0.717, 1.165) is 14.9 Å². The van der Waals surface area contributed by atoms with E-state index in [1.807, 2.05) is 45.0 Å². The molecule has 1 unspecified atom stereocenters. The summed E-state index contributed by atoms with van der Waals surface area (Å²) in [6.45, 7) is 5.66. The maximum Gasteiger partial charge on any atom is 0.220 e. The first-order valence-corrected chi connectivity index (χ1v) is 13.3. The Balaban J connectivity index is 1.56. The van der Waals surface area contributed by atoms with Gasteiger partial charge in [-0.25, -0.2) is 9.07 Å². The molecule has 176 valence electrons. The molecule has 0 aliphatic heterocycles. The Morgan fingerprint density at radius 3 is 2.58 bits per heavy atom. The van der Waals surface area contributed by atoms with Gasteiger partial charge in [0.15, 0.2) is 0 Å². The predicted molar refractivity (Wildman–Crippen MR) is 134 cm³/mol. The minimum absolute atomic E-state index is 0.141. The molecular weight excluding hydrogens is 575 g/mol. The molecule has 1 amide bonds. The van der Waals surface area contributed by atoms with Gasteiger partial charge in [-0.3, -0.25) is 9.00 Å². The van der Waals surface area contributed by atoms with Gasteiger partial charge in [0.1, 0.15) is 11.5 Å². The number of rotatable bonds is 9. The molecule has 10 heteroatoms. The Morgan fingerprint density at radius 1 is 1.21 bits per heavy atom. The number of carbonyl (C=O) groups is 1. The summed E-state index contributed by atoms with van der Waals surface area (Å²) in [5.74, 6) is -0.0521. The second kappa shape index (κ2) is 11.0. The zero-order valence-corrected chi connectivity index (χ0v) is 22.5. The average molecular weight is 600 g/mol. The highest BCUT2D eigenvalue weighted by molar-refractivity contribution is 9.10. The highest BCUT2D eigenvalue weighted by atomic mass is 79.9. The van der Waals surface area contributed by atoms with Crippen molar-refractivity contribution in [3.63, 3.8) is 0 Å². The lowest BCUT2D eigenvalue weighted by molar-refractivity contribution is -0.122. The maximum atomic E-state index is 13.5. The molecule has 0 aliphatic carbocycles. The van der Waals surface area contributed by atoms with Crippen LogP contribution >= 0.6 is 31.9 Å². The lowest BCUT2D eigenvalue weighted by Crippen LogP contribution is -2.41. The fourth-order valence-electron chi connectivity index (χ4n) is 3.22. The first-order valence-electron chi connectivity index (χ1n) is 10.4. The van der Waals surface area contributed by atoms with E-state index in [0.29, 0.717) is 22.3 Å². The van der Waals surface area contributed by atoms with Crippen molar-refractivity contribution in [1.29, 1.82) is 0 Å². The van der Waals surface area contributed by atoms with E-state index in [1.54, 1.807) is 23.0 Å². The molecule has 0 radical (unpaired) electrons. The molecule has 1 aromatic heterocycles. The molecule has 0 saturated carbocycles. The predicted octanol–water partition coefficient (Wildman–Crippen LogP) is 5.49. The Hall–Kier alpha value is -1.91. The monoisotopic (exact) mass is 598 g/mol. The second-order valence-corrected chi connectivity index (χ2v) is 11.6. The highest BCUT2D eigenvalue weighted by Gasteiger charge is 2.27. The summed E-state index contributed by atoms with van der Waals surface area (Å²) in [6.07, 6.45) is 2.55. The third-order valence-corrected chi connectivity index (χ3v) is 7.83. The summed E-state index contributed by atoms with van der Waals surface area (Å²) < 4.78 is 28.9. The Morgan fingerprint density at radius 2 is 1.91 bits per heavy atom. The van der Waals surface area contributed by atoms with E-state index in [2.05, 4.69) is 47.5 Å². The van der Waals surface area contributed by atoms with Crippen molar-refractivity contribution < 1.29 is 13.4 Å². The van der Waals surface area contributed by atoms with Gasteiger partial charge in [-0.1, -0.05) is 27.2 Å². The summed E-state index contributed by atoms with van der Waals surface area (Å²) >= 11 is 6.57. The minimum atomic E-state index is -1.14. The van der Waals surface area contributed by atoms with Crippen LogP contribution < -0.4 is 5.32 Å². The molecule has 33 heavy (non-hydrogen) atoms. The Kier molecular flexibility index (Phi) is 8.58. The second-order valence-electron chi connectivity index (χ2n) is 8.21. The third-order valence-electron chi connectivity index (χ3n) is 5.24. The largest absolute Gasteiger partial charge is 0.345 e. The van der Waals surface area contributed by atoms with Crippen LogP contribution in [-0.4, -0.2) is 30.9 Å². The summed E-state index contributed by atoms with van der Waals surface area (Å²) in [7, 11) is -1.14. The maximum absolute atomic E-state index is 13.5. The molecule has 0 fully saturated rings. The van der Waals surface area contributed by atoms with Crippen molar-refractivity contribution in [3.05, 3.63) is 74.7 Å². The number of hydrogen-bond acceptors (Lipinski definition) is 4. The summed E-state index contributed by atoms with van der Waals surface area (Å²) in [5, 5.41) is 11.4. The van der Waals surface area contributed by atoms with Crippen molar-refractivity contribution >= 4 is 48.6 Å². The van der Waals surface area contributed by atoms with Crippen molar-refractivity contribution in [3.8, 4) is 0 Å². The number of aromatic nitrogens is 3. The minimum Gasteiger partial charge on any atom is -0.345 e. The number of benzene rings is 2. The van der Waals surface area contributed by atoms with Crippen LogP contribution in [0, 0.1) is 5.82 Å². The molecule has 6 nitrogen and oxygen atoms in total. The SMILES string of the molecule is C[C@H](c1ccc(F)c(Br)c1)n1cc(C(C)(C)NC(=O)CCCS(=O)c2ccc(Br)cc2)nn1. The lowest BCUT2D eigenvalue weighted by atomic mass is 10.0. The van der Waals surface area contributed by atoms with Crippen LogP contribution in [0.15, 0.2) is 62.5 Å². The van der Waals surface area contributed by atoms with Gasteiger partial charge in [-0.2, -0.15) is 0 Å². The molecule has 1 heterocycles. The first kappa shape index (κ1) is 25.7. The number of nitrogens with one attached hydrogen (secondary N) is 1. The summed E-state index contributed by atoms with van der Waals surface area (Å²) in [6, 6.07) is 12.0. The molecule has 0 aliphatic rings. The van der Waals surface area contributed by atoms with Gasteiger partial charge in [0.2, 0.25) is 5.91 Å². The average Bonchev–Trinajstić information content (AvgIpc) is 3.26. The number of carbonyl (C=O) groups excluding carboxylic acids is 1. The van der Waals surface area contributed by atoms with Crippen molar-refractivity contribution in [1.82, 2.24) is 20.3 Å². The van der Waals surface area contributed by atoms with E-state index in [-0.39, 0.29) is 24.2 Å². The van der Waals surface area contributed by atoms with Gasteiger partial charge in [0.25, 0.3) is 0 Å². The van der Waals surface area contributed by atoms with Crippen LogP contribution in [0.5, 0.6) is 0 Å². The van der Waals surface area contributed by atoms with Crippen LogP contribution in [0.1, 0.15) is 50.9 Å². The third kappa shape index (κ3) is 6.80. The number of nitrogens with zero attached hydrogens (tertiary/aromatic N) is 3. The summed E-state index contributed by atoms with van der Waals surface area (Å²) in [4.78, 5) is 13.3. The fraction of sp³-hybridized carbons (Fsp3) is 0.348. The standard InChI is InChI=1S/C23H25Br2FN4O2S/c1-15(16-6-11-20(26)19(25)13-16)30-14-21(28-29-30)23(2,3)27-22(31)5-4-12-33(32)18-9-7-17(24)8-10-18/h6-11,13-15H,4-5,12H2,1-3H3,(H,27,31)/t15-,33?/m1/s1. The molecule has 2 atom stereocenters. The molecule has 2 aromatic carbocycles. The molecule has 1 N–H and O–H groups in total. The zero-order valence-electron chi connectivity index (χ0n) is 18.5. The smallest absolute Gasteiger partial charge is 0.220 e. The topological polar surface area (TPSA) is 76.9 Å². The van der Waals surface area contributed by atoms with Gasteiger partial charge in [0, 0.05) is 21.5 Å². The van der Waals surface area contributed by atoms with E-state index >= 15 is 0 Å². The van der Waals surface area contributed by atoms with E-state index < -0.39 is 16.3 Å². The van der Waals surface area contributed by atoms with Crippen molar-refractivity contribution in [2.24, 2.45) is 0 Å². The molecule has 0 spiro atoms. The van der Waals surface area contributed by atoms with E-state index in [4.69, 9.17) is 0 Å². The molecule has 0 saturated heterocycles. The van der Waals surface area contributed by atoms with Crippen LogP contribution in [0.3, 0.4) is 0 Å². The Labute approximate surface area is 212 Å². The fourth-order valence-corrected chi connectivity index (χ4v) is 4.96. The van der Waals surface area contributed by atoms with Crippen LogP contribution in [-0.2, 0) is 21.1 Å². The van der Waals surface area contributed by atoms with Gasteiger partial charge >= 0.3 is 0 Å². The molecule has 3 rings (SSSR count). The summed E-state index contributed by atoms with van der Waals surface area (Å²) in [5.41, 5.74) is 0.756.